The topological polar surface area (TPSA) is 46.5 Å². The van der Waals surface area contributed by atoms with Crippen LogP contribution in [-0.4, -0.2) is 11.1 Å². The van der Waals surface area contributed by atoms with Gasteiger partial charge in [-0.2, -0.15) is 0 Å². The van der Waals surface area contributed by atoms with E-state index in [9.17, 15) is 9.90 Å². The predicted octanol–water partition coefficient (Wildman–Crippen LogP) is 5.42. The third-order valence-electron chi connectivity index (χ3n) is 3.54. The standard InChI is InChI=1S/C18H12Cl2O3/c19-14-6-3-7-15(20)13(14)10-23-16-9-8-11-4-1-2-5-12(11)17(16)18(21)22/h1-9H,10H2,(H,21,22). The van der Waals surface area contributed by atoms with E-state index < -0.39 is 5.97 Å². The van der Waals surface area contributed by atoms with E-state index in [1.807, 2.05) is 18.2 Å². The largest absolute Gasteiger partial charge is 0.488 e. The van der Waals surface area contributed by atoms with Gasteiger partial charge in [-0.25, -0.2) is 4.79 Å². The smallest absolute Gasteiger partial charge is 0.340 e. The molecule has 0 unspecified atom stereocenters. The maximum atomic E-state index is 11.6. The van der Waals surface area contributed by atoms with Crippen molar-refractivity contribution in [2.45, 2.75) is 6.61 Å². The summed E-state index contributed by atoms with van der Waals surface area (Å²) in [4.78, 5) is 11.6. The van der Waals surface area contributed by atoms with Gasteiger partial charge < -0.3 is 9.84 Å². The van der Waals surface area contributed by atoms with Crippen LogP contribution in [0.3, 0.4) is 0 Å². The number of ether oxygens (including phenoxy) is 1. The Labute approximate surface area is 143 Å². The van der Waals surface area contributed by atoms with Crippen molar-refractivity contribution in [2.75, 3.05) is 0 Å². The van der Waals surface area contributed by atoms with Gasteiger partial charge in [-0.3, -0.25) is 0 Å². The lowest BCUT2D eigenvalue weighted by Gasteiger charge is -2.13. The number of aromatic carboxylic acids is 1. The third kappa shape index (κ3) is 3.11. The molecule has 3 aromatic rings. The molecule has 5 heteroatoms. The predicted molar refractivity (Wildman–Crippen MR) is 91.7 cm³/mol. The summed E-state index contributed by atoms with van der Waals surface area (Å²) in [5.74, 6) is -0.755. The molecule has 0 radical (unpaired) electrons. The molecule has 0 saturated carbocycles. The lowest BCUT2D eigenvalue weighted by atomic mass is 10.0. The van der Waals surface area contributed by atoms with Gasteiger partial charge in [0.1, 0.15) is 17.9 Å². The molecule has 0 heterocycles. The van der Waals surface area contributed by atoms with Gasteiger partial charge in [0.05, 0.1) is 0 Å². The first kappa shape index (κ1) is 15.7. The lowest BCUT2D eigenvalue weighted by molar-refractivity contribution is 0.0694. The number of hydrogen-bond donors (Lipinski definition) is 1. The second-order valence-corrected chi connectivity index (χ2v) is 5.77. The summed E-state index contributed by atoms with van der Waals surface area (Å²) in [6.07, 6.45) is 0. The number of hydrogen-bond acceptors (Lipinski definition) is 2. The highest BCUT2D eigenvalue weighted by Crippen LogP contribution is 2.31. The summed E-state index contributed by atoms with van der Waals surface area (Å²) < 4.78 is 5.70. The minimum absolute atomic E-state index is 0.0944. The van der Waals surface area contributed by atoms with Gasteiger partial charge in [0.2, 0.25) is 0 Å². The maximum Gasteiger partial charge on any atom is 0.340 e. The van der Waals surface area contributed by atoms with Crippen molar-refractivity contribution in [3.05, 3.63) is 75.8 Å². The van der Waals surface area contributed by atoms with E-state index >= 15 is 0 Å². The Morgan fingerprint density at radius 3 is 2.35 bits per heavy atom. The molecule has 3 rings (SSSR count). The van der Waals surface area contributed by atoms with E-state index in [1.54, 1.807) is 36.4 Å². The Morgan fingerprint density at radius 2 is 1.65 bits per heavy atom. The fourth-order valence-corrected chi connectivity index (χ4v) is 2.92. The second-order valence-electron chi connectivity index (χ2n) is 4.95. The molecule has 116 valence electrons. The average Bonchev–Trinajstić information content (AvgIpc) is 2.53. The summed E-state index contributed by atoms with van der Waals surface area (Å²) in [5, 5.41) is 12.0. The SMILES string of the molecule is O=C(O)c1c(OCc2c(Cl)cccc2Cl)ccc2ccccc12. The molecule has 0 aliphatic carbocycles. The Hall–Kier alpha value is -2.23. The van der Waals surface area contributed by atoms with Crippen molar-refractivity contribution < 1.29 is 14.6 Å². The molecule has 0 atom stereocenters. The highest BCUT2D eigenvalue weighted by molar-refractivity contribution is 6.35. The molecule has 0 fully saturated rings. The number of rotatable bonds is 4. The van der Waals surface area contributed by atoms with Gasteiger partial charge in [0.25, 0.3) is 0 Å². The molecule has 0 aliphatic rings. The first-order valence-electron chi connectivity index (χ1n) is 6.88. The van der Waals surface area contributed by atoms with Crippen molar-refractivity contribution >= 4 is 39.9 Å². The Balaban J connectivity index is 2.00. The summed E-state index contributed by atoms with van der Waals surface area (Å²) in [6, 6.07) is 15.9. The Bertz CT molecular complexity index is 870. The van der Waals surface area contributed by atoms with Crippen molar-refractivity contribution in [3.63, 3.8) is 0 Å². The Morgan fingerprint density at radius 1 is 0.957 bits per heavy atom. The van der Waals surface area contributed by atoms with Crippen LogP contribution in [0.2, 0.25) is 10.0 Å². The quantitative estimate of drug-likeness (QED) is 0.685. The molecule has 0 saturated heterocycles. The zero-order valence-electron chi connectivity index (χ0n) is 11.9. The summed E-state index contributed by atoms with van der Waals surface area (Å²) in [5.41, 5.74) is 0.756. The van der Waals surface area contributed by atoms with Crippen molar-refractivity contribution in [2.24, 2.45) is 0 Å². The van der Waals surface area contributed by atoms with Crippen molar-refractivity contribution in [3.8, 4) is 5.75 Å². The monoisotopic (exact) mass is 346 g/mol. The van der Waals surface area contributed by atoms with Crippen LogP contribution >= 0.6 is 23.2 Å². The van der Waals surface area contributed by atoms with E-state index in [4.69, 9.17) is 27.9 Å². The number of carboxylic acids is 1. The van der Waals surface area contributed by atoms with E-state index in [2.05, 4.69) is 0 Å². The summed E-state index contributed by atoms with van der Waals surface area (Å²) in [7, 11) is 0. The zero-order chi connectivity index (χ0) is 16.4. The number of benzene rings is 3. The average molecular weight is 347 g/mol. The van der Waals surface area contributed by atoms with Crippen LogP contribution in [0.25, 0.3) is 10.8 Å². The first-order valence-corrected chi connectivity index (χ1v) is 7.64. The molecule has 0 spiro atoms. The minimum atomic E-state index is -1.04. The maximum absolute atomic E-state index is 11.6. The van der Waals surface area contributed by atoms with Gasteiger partial charge >= 0.3 is 5.97 Å². The van der Waals surface area contributed by atoms with Crippen LogP contribution in [0, 0.1) is 0 Å². The van der Waals surface area contributed by atoms with E-state index in [1.165, 1.54) is 0 Å². The normalized spacial score (nSPS) is 10.7. The van der Waals surface area contributed by atoms with Gasteiger partial charge in [-0.05, 0) is 29.0 Å². The van der Waals surface area contributed by atoms with E-state index in [-0.39, 0.29) is 17.9 Å². The molecule has 3 nitrogen and oxygen atoms in total. The molecule has 3 aromatic carbocycles. The van der Waals surface area contributed by atoms with Crippen LogP contribution in [-0.2, 0) is 6.61 Å². The Kier molecular flexibility index (Phi) is 4.42. The van der Waals surface area contributed by atoms with E-state index in [0.29, 0.717) is 21.0 Å². The first-order chi connectivity index (χ1) is 11.1. The van der Waals surface area contributed by atoms with Gasteiger partial charge in [-0.15, -0.1) is 0 Å². The van der Waals surface area contributed by atoms with Gasteiger partial charge in [0.15, 0.2) is 0 Å². The van der Waals surface area contributed by atoms with Crippen LogP contribution in [0.4, 0.5) is 0 Å². The molecule has 1 N–H and O–H groups in total. The number of halogens is 2. The highest BCUT2D eigenvalue weighted by atomic mass is 35.5. The molecule has 0 bridgehead atoms. The van der Waals surface area contributed by atoms with Crippen molar-refractivity contribution in [1.82, 2.24) is 0 Å². The molecule has 0 aromatic heterocycles. The minimum Gasteiger partial charge on any atom is -0.488 e. The molecular formula is C18H12Cl2O3. The summed E-state index contributed by atoms with van der Waals surface area (Å²) >= 11 is 12.2. The molecule has 23 heavy (non-hydrogen) atoms. The molecule has 0 amide bonds. The van der Waals surface area contributed by atoms with Crippen LogP contribution < -0.4 is 4.74 Å². The highest BCUT2D eigenvalue weighted by Gasteiger charge is 2.16. The summed E-state index contributed by atoms with van der Waals surface area (Å²) in [6.45, 7) is 0.0944. The lowest BCUT2D eigenvalue weighted by Crippen LogP contribution is -2.05. The van der Waals surface area contributed by atoms with Gasteiger partial charge in [0, 0.05) is 15.6 Å². The van der Waals surface area contributed by atoms with Crippen LogP contribution in [0.15, 0.2) is 54.6 Å². The third-order valence-corrected chi connectivity index (χ3v) is 4.25. The van der Waals surface area contributed by atoms with Crippen molar-refractivity contribution in [1.29, 1.82) is 0 Å². The van der Waals surface area contributed by atoms with Crippen LogP contribution in [0.1, 0.15) is 15.9 Å². The molecular weight excluding hydrogens is 335 g/mol. The number of carbonyl (C=O) groups is 1. The molecule has 0 aliphatic heterocycles. The number of carboxylic acid groups (broad SMARTS) is 1. The zero-order valence-corrected chi connectivity index (χ0v) is 13.4. The fourth-order valence-electron chi connectivity index (χ4n) is 2.41. The fraction of sp³-hybridized carbons (Fsp3) is 0.0556. The van der Waals surface area contributed by atoms with Gasteiger partial charge in [-0.1, -0.05) is 59.6 Å². The van der Waals surface area contributed by atoms with Crippen LogP contribution in [0.5, 0.6) is 5.75 Å². The van der Waals surface area contributed by atoms with E-state index in [0.717, 1.165) is 5.39 Å². The number of fused-ring (bicyclic) bond motifs is 1. The second kappa shape index (κ2) is 6.49.